The molecule has 5 rings (SSSR count). The third-order valence-corrected chi connectivity index (χ3v) is 8.28. The monoisotopic (exact) mass is 746 g/mol. The fraction of sp³-hybridized carbons (Fsp3) is 0.270. The number of nitrogens with one attached hydrogen (secondary N) is 3. The maximum atomic E-state index is 12.5. The molecule has 1 heterocycles. The van der Waals surface area contributed by atoms with Gasteiger partial charge in [-0.15, -0.1) is 0 Å². The predicted molar refractivity (Wildman–Crippen MR) is 193 cm³/mol. The zero-order chi connectivity index (χ0) is 35.6. The van der Waals surface area contributed by atoms with Crippen LogP contribution in [0.15, 0.2) is 93.6 Å². The van der Waals surface area contributed by atoms with Gasteiger partial charge >= 0.3 is 12.0 Å². The number of urea groups is 1. The molecule has 0 aromatic heterocycles. The third-order valence-electron chi connectivity index (χ3n) is 7.69. The van der Waals surface area contributed by atoms with E-state index in [2.05, 4.69) is 55.3 Å². The lowest BCUT2D eigenvalue weighted by Gasteiger charge is -2.28. The lowest BCUT2D eigenvalue weighted by atomic mass is 9.95. The fourth-order valence-corrected chi connectivity index (χ4v) is 6.03. The number of aliphatic hydroxyl groups is 1. The molecule has 0 fully saturated rings. The number of carbonyl (C=O) groups is 2. The maximum Gasteiger partial charge on any atom is 0.337 e. The highest BCUT2D eigenvalue weighted by Crippen LogP contribution is 2.38. The van der Waals surface area contributed by atoms with E-state index in [0.29, 0.717) is 64.1 Å². The van der Waals surface area contributed by atoms with Crippen molar-refractivity contribution in [2.75, 3.05) is 26.9 Å². The van der Waals surface area contributed by atoms with E-state index in [1.165, 1.54) is 7.11 Å². The molecule has 0 unspecified atom stereocenters. The smallest absolute Gasteiger partial charge is 0.337 e. The number of amides is 2. The lowest BCUT2D eigenvalue weighted by Crippen LogP contribution is -2.45. The normalized spacial score (nSPS) is 14.9. The standard InChI is InChI=1S/C37H39BrN4O8/c1-5-47-30-18-25(34-33(36(44)46-4)22(3)40-37(45)41-34)14-15-29(30)49-21-32(43)42-39-19-23-16-28(38)35(31(17-23)48-6-2)50-20-26-12-9-11-24-10-7-8-13-27(24)26/h7-19,32,34,42-43H,5-6,20-21H2,1-4H3,(H2,40,41,45)/b39-19+/t32-,34+/m1/s1. The van der Waals surface area contributed by atoms with Gasteiger partial charge in [-0.2, -0.15) is 5.10 Å². The number of hydrogen-bond acceptors (Lipinski definition) is 10. The van der Waals surface area contributed by atoms with Crippen LogP contribution in [0, 0.1) is 0 Å². The Kier molecular flexibility index (Phi) is 12.2. The van der Waals surface area contributed by atoms with Gasteiger partial charge in [0, 0.05) is 5.70 Å². The summed E-state index contributed by atoms with van der Waals surface area (Å²) in [6.45, 7) is 6.30. The minimum Gasteiger partial charge on any atom is -0.490 e. The molecule has 0 bridgehead atoms. The number of hydrazone groups is 1. The van der Waals surface area contributed by atoms with Crippen LogP contribution in [-0.4, -0.2) is 56.5 Å². The van der Waals surface area contributed by atoms with E-state index in [0.717, 1.165) is 16.3 Å². The van der Waals surface area contributed by atoms with Crippen molar-refractivity contribution < 1.29 is 38.4 Å². The highest BCUT2D eigenvalue weighted by atomic mass is 79.9. The highest BCUT2D eigenvalue weighted by molar-refractivity contribution is 9.10. The van der Waals surface area contributed by atoms with Gasteiger partial charge in [-0.1, -0.05) is 48.5 Å². The van der Waals surface area contributed by atoms with Crippen molar-refractivity contribution >= 4 is 44.9 Å². The fourth-order valence-electron chi connectivity index (χ4n) is 5.45. The van der Waals surface area contributed by atoms with Crippen molar-refractivity contribution in [2.24, 2.45) is 5.10 Å². The minimum absolute atomic E-state index is 0.165. The molecular formula is C37H39BrN4O8. The number of aliphatic hydroxyl groups excluding tert-OH is 1. The number of esters is 1. The van der Waals surface area contributed by atoms with Crippen LogP contribution in [0.4, 0.5) is 4.79 Å². The summed E-state index contributed by atoms with van der Waals surface area (Å²) < 4.78 is 29.4. The Balaban J connectivity index is 1.23. The van der Waals surface area contributed by atoms with E-state index in [9.17, 15) is 14.7 Å². The number of methoxy groups -OCH3 is 1. The van der Waals surface area contributed by atoms with Gasteiger partial charge in [0.15, 0.2) is 29.2 Å². The van der Waals surface area contributed by atoms with Crippen LogP contribution in [0.2, 0.25) is 0 Å². The minimum atomic E-state index is -1.17. The number of allylic oxidation sites excluding steroid dienone is 1. The molecule has 13 heteroatoms. The van der Waals surface area contributed by atoms with Crippen LogP contribution < -0.4 is 35.0 Å². The molecule has 1 aliphatic rings. The molecule has 0 aliphatic carbocycles. The van der Waals surface area contributed by atoms with Gasteiger partial charge in [-0.25, -0.2) is 9.59 Å². The number of ether oxygens (including phenoxy) is 5. The van der Waals surface area contributed by atoms with E-state index in [1.54, 1.807) is 31.3 Å². The Morgan fingerprint density at radius 2 is 1.74 bits per heavy atom. The maximum absolute atomic E-state index is 12.5. The average molecular weight is 748 g/mol. The van der Waals surface area contributed by atoms with Crippen LogP contribution in [0.5, 0.6) is 23.0 Å². The number of rotatable bonds is 15. The number of halogens is 1. The molecule has 0 saturated carbocycles. The van der Waals surface area contributed by atoms with Crippen molar-refractivity contribution in [3.05, 3.63) is 105 Å². The van der Waals surface area contributed by atoms with E-state index < -0.39 is 24.3 Å². The van der Waals surface area contributed by atoms with Gasteiger partial charge in [0.25, 0.3) is 0 Å². The molecule has 12 nitrogen and oxygen atoms in total. The summed E-state index contributed by atoms with van der Waals surface area (Å²) >= 11 is 3.62. The SMILES string of the molecule is CCOc1cc([C@@H]2NC(=O)NC(C)=C2C(=O)OC)ccc1OC[C@@H](O)N/N=C/c1cc(Br)c(OCc2cccc3ccccc23)c(OCC)c1. The van der Waals surface area contributed by atoms with E-state index in [1.807, 2.05) is 50.2 Å². The Morgan fingerprint density at radius 1 is 0.980 bits per heavy atom. The first-order valence-corrected chi connectivity index (χ1v) is 16.8. The van der Waals surface area contributed by atoms with E-state index in [4.69, 9.17) is 23.7 Å². The van der Waals surface area contributed by atoms with Crippen molar-refractivity contribution in [3.63, 3.8) is 0 Å². The number of nitrogens with zero attached hydrogens (tertiary/aromatic N) is 1. The zero-order valence-electron chi connectivity index (χ0n) is 28.1. The van der Waals surface area contributed by atoms with Crippen LogP contribution in [0.3, 0.4) is 0 Å². The van der Waals surface area contributed by atoms with E-state index in [-0.39, 0.29) is 12.2 Å². The second-order valence-corrected chi connectivity index (χ2v) is 12.0. The number of carbonyl (C=O) groups excluding carboxylic acids is 2. The van der Waals surface area contributed by atoms with Gasteiger partial charge in [-0.3, -0.25) is 5.43 Å². The Bertz CT molecular complexity index is 1910. The summed E-state index contributed by atoms with van der Waals surface area (Å²) in [6.07, 6.45) is 0.381. The lowest BCUT2D eigenvalue weighted by molar-refractivity contribution is -0.136. The van der Waals surface area contributed by atoms with Gasteiger partial charge in [0.2, 0.25) is 0 Å². The molecule has 2 amide bonds. The first-order chi connectivity index (χ1) is 24.2. The molecular weight excluding hydrogens is 708 g/mol. The van der Waals surface area contributed by atoms with Crippen molar-refractivity contribution in [3.8, 4) is 23.0 Å². The summed E-state index contributed by atoms with van der Waals surface area (Å²) in [5.41, 5.74) is 5.66. The van der Waals surface area contributed by atoms with Gasteiger partial charge in [-0.05, 0) is 88.4 Å². The summed E-state index contributed by atoms with van der Waals surface area (Å²) in [7, 11) is 1.28. The van der Waals surface area contributed by atoms with E-state index >= 15 is 0 Å². The van der Waals surface area contributed by atoms with Crippen LogP contribution in [-0.2, 0) is 16.1 Å². The first-order valence-electron chi connectivity index (χ1n) is 16.0. The van der Waals surface area contributed by atoms with Crippen molar-refractivity contribution in [2.45, 2.75) is 39.6 Å². The number of fused-ring (bicyclic) bond motifs is 1. The third kappa shape index (κ3) is 8.65. The van der Waals surface area contributed by atoms with Gasteiger partial charge in [0.05, 0.1) is 42.6 Å². The molecule has 0 spiro atoms. The Hall–Kier alpha value is -5.27. The van der Waals surface area contributed by atoms with Crippen LogP contribution >= 0.6 is 15.9 Å². The molecule has 50 heavy (non-hydrogen) atoms. The van der Waals surface area contributed by atoms with Gasteiger partial charge in [0.1, 0.15) is 13.2 Å². The highest BCUT2D eigenvalue weighted by Gasteiger charge is 2.32. The number of benzene rings is 4. The Labute approximate surface area is 298 Å². The van der Waals surface area contributed by atoms with Crippen molar-refractivity contribution in [1.29, 1.82) is 0 Å². The molecule has 4 aromatic carbocycles. The zero-order valence-corrected chi connectivity index (χ0v) is 29.7. The summed E-state index contributed by atoms with van der Waals surface area (Å²) in [4.78, 5) is 24.7. The van der Waals surface area contributed by atoms with Gasteiger partial charge < -0.3 is 39.4 Å². The van der Waals surface area contributed by atoms with Crippen molar-refractivity contribution in [1.82, 2.24) is 16.1 Å². The molecule has 4 N–H and O–H groups in total. The molecule has 4 aromatic rings. The summed E-state index contributed by atoms with van der Waals surface area (Å²) in [5, 5.41) is 22.4. The molecule has 0 radical (unpaired) electrons. The largest absolute Gasteiger partial charge is 0.490 e. The quantitative estimate of drug-likeness (QED) is 0.0490. The Morgan fingerprint density at radius 3 is 2.52 bits per heavy atom. The second kappa shape index (κ2) is 16.9. The average Bonchev–Trinajstić information content (AvgIpc) is 3.10. The van der Waals surface area contributed by atoms with Crippen LogP contribution in [0.1, 0.15) is 43.5 Å². The molecule has 262 valence electrons. The predicted octanol–water partition coefficient (Wildman–Crippen LogP) is 6.10. The molecule has 0 saturated heterocycles. The first kappa shape index (κ1) is 36.0. The molecule has 1 aliphatic heterocycles. The topological polar surface area (TPSA) is 149 Å². The summed E-state index contributed by atoms with van der Waals surface area (Å²) in [6, 6.07) is 21.8. The molecule has 2 atom stereocenters. The van der Waals surface area contributed by atoms with Crippen LogP contribution in [0.25, 0.3) is 10.8 Å². The summed E-state index contributed by atoms with van der Waals surface area (Å²) in [5.74, 6) is 1.27. The second-order valence-electron chi connectivity index (χ2n) is 11.1. The number of hydrogen-bond donors (Lipinski definition) is 4.